The number of carbonyl (C=O) groups excluding carboxylic acids is 1. The first-order valence-corrected chi connectivity index (χ1v) is 8.23. The number of aliphatic carboxylic acids is 1. The number of hydrogen-bond acceptors (Lipinski definition) is 6. The van der Waals surface area contributed by atoms with Gasteiger partial charge >= 0.3 is 5.97 Å². The van der Waals surface area contributed by atoms with Crippen molar-refractivity contribution < 1.29 is 19.3 Å². The number of carboxylic acid groups (broad SMARTS) is 1. The second kappa shape index (κ2) is 7.12. The molecule has 1 N–H and O–H groups in total. The van der Waals surface area contributed by atoms with Gasteiger partial charge in [-0.1, -0.05) is 22.5 Å². The average molecular weight is 334 g/mol. The maximum atomic E-state index is 12.7. The summed E-state index contributed by atoms with van der Waals surface area (Å²) in [5.74, 6) is -1.97. The lowest BCUT2D eigenvalue weighted by Crippen LogP contribution is -2.51. The molecule has 0 bridgehead atoms. The standard InChI is InChI=1S/C16H22N4O4/c1-11-14(18-24-17-11)10-19-6-8-20(9-7-19)15(21)12-4-2-3-5-13(12)16(22)23/h2-3,12-13H,4-10H2,1H3,(H,22,23). The van der Waals surface area contributed by atoms with E-state index in [1.165, 1.54) is 0 Å². The van der Waals surface area contributed by atoms with Crippen LogP contribution in [0.25, 0.3) is 0 Å². The van der Waals surface area contributed by atoms with Gasteiger partial charge in [0.2, 0.25) is 5.91 Å². The highest BCUT2D eigenvalue weighted by atomic mass is 16.6. The second-order valence-electron chi connectivity index (χ2n) is 6.39. The third-order valence-electron chi connectivity index (χ3n) is 4.87. The Morgan fingerprint density at radius 1 is 1.17 bits per heavy atom. The van der Waals surface area contributed by atoms with Crippen LogP contribution in [0.2, 0.25) is 0 Å². The lowest BCUT2D eigenvalue weighted by Gasteiger charge is -2.37. The minimum absolute atomic E-state index is 0.0364. The van der Waals surface area contributed by atoms with Crippen molar-refractivity contribution >= 4 is 11.9 Å². The van der Waals surface area contributed by atoms with Crippen LogP contribution in [0.1, 0.15) is 24.2 Å². The van der Waals surface area contributed by atoms with E-state index in [1.807, 2.05) is 19.1 Å². The molecule has 0 spiro atoms. The molecule has 2 heterocycles. The van der Waals surface area contributed by atoms with Gasteiger partial charge in [0.1, 0.15) is 11.4 Å². The molecule has 8 heteroatoms. The summed E-state index contributed by atoms with van der Waals surface area (Å²) >= 11 is 0. The zero-order valence-corrected chi connectivity index (χ0v) is 13.7. The summed E-state index contributed by atoms with van der Waals surface area (Å²) in [5, 5.41) is 17.0. The van der Waals surface area contributed by atoms with E-state index in [0.717, 1.165) is 24.5 Å². The number of carboxylic acids is 1. The highest BCUT2D eigenvalue weighted by molar-refractivity contribution is 5.85. The van der Waals surface area contributed by atoms with Gasteiger partial charge in [0.25, 0.3) is 0 Å². The van der Waals surface area contributed by atoms with E-state index in [0.29, 0.717) is 32.5 Å². The lowest BCUT2D eigenvalue weighted by molar-refractivity contribution is -0.151. The molecule has 1 aliphatic heterocycles. The van der Waals surface area contributed by atoms with Crippen LogP contribution in [0.15, 0.2) is 16.8 Å². The minimum Gasteiger partial charge on any atom is -0.481 e. The number of carbonyl (C=O) groups is 2. The Morgan fingerprint density at radius 3 is 2.42 bits per heavy atom. The molecule has 3 rings (SSSR count). The molecule has 130 valence electrons. The fraction of sp³-hybridized carbons (Fsp3) is 0.625. The molecule has 2 atom stereocenters. The summed E-state index contributed by atoms with van der Waals surface area (Å²) in [5.41, 5.74) is 1.60. The monoisotopic (exact) mass is 334 g/mol. The van der Waals surface area contributed by atoms with Gasteiger partial charge in [-0.3, -0.25) is 14.5 Å². The van der Waals surface area contributed by atoms with E-state index < -0.39 is 17.8 Å². The van der Waals surface area contributed by atoms with E-state index >= 15 is 0 Å². The number of rotatable bonds is 4. The van der Waals surface area contributed by atoms with E-state index in [9.17, 15) is 14.7 Å². The first kappa shape index (κ1) is 16.6. The first-order valence-electron chi connectivity index (χ1n) is 8.23. The number of hydrogen-bond donors (Lipinski definition) is 1. The van der Waals surface area contributed by atoms with Gasteiger partial charge in [-0.15, -0.1) is 0 Å². The number of piperazine rings is 1. The highest BCUT2D eigenvalue weighted by Gasteiger charge is 2.37. The number of amides is 1. The predicted octanol–water partition coefficient (Wildman–Crippen LogP) is 0.689. The van der Waals surface area contributed by atoms with Crippen LogP contribution >= 0.6 is 0 Å². The maximum Gasteiger partial charge on any atom is 0.307 e. The molecule has 1 aromatic heterocycles. The van der Waals surface area contributed by atoms with Crippen LogP contribution in [0, 0.1) is 18.8 Å². The Morgan fingerprint density at radius 2 is 1.83 bits per heavy atom. The molecule has 1 aliphatic carbocycles. The van der Waals surface area contributed by atoms with E-state index in [-0.39, 0.29) is 5.91 Å². The van der Waals surface area contributed by atoms with Gasteiger partial charge in [0, 0.05) is 32.7 Å². The molecular formula is C16H22N4O4. The molecule has 0 aromatic carbocycles. The number of aryl methyl sites for hydroxylation is 1. The van der Waals surface area contributed by atoms with Crippen LogP contribution in [-0.4, -0.2) is 63.3 Å². The van der Waals surface area contributed by atoms with E-state index in [4.69, 9.17) is 4.63 Å². The van der Waals surface area contributed by atoms with Crippen LogP contribution in [0.3, 0.4) is 0 Å². The normalized spacial score (nSPS) is 25.0. The third-order valence-corrected chi connectivity index (χ3v) is 4.87. The lowest BCUT2D eigenvalue weighted by atomic mass is 9.82. The SMILES string of the molecule is Cc1nonc1CN1CCN(C(=O)C2CC=CCC2C(=O)O)CC1. The largest absolute Gasteiger partial charge is 0.481 e. The second-order valence-corrected chi connectivity index (χ2v) is 6.39. The average Bonchev–Trinajstić information content (AvgIpc) is 3.00. The summed E-state index contributed by atoms with van der Waals surface area (Å²) in [6.45, 7) is 5.19. The van der Waals surface area contributed by atoms with Gasteiger partial charge in [-0.25, -0.2) is 4.63 Å². The summed E-state index contributed by atoms with van der Waals surface area (Å²) in [4.78, 5) is 28.1. The fourth-order valence-electron chi connectivity index (χ4n) is 3.33. The zero-order valence-electron chi connectivity index (χ0n) is 13.7. The summed E-state index contributed by atoms with van der Waals surface area (Å²) in [6, 6.07) is 0. The van der Waals surface area contributed by atoms with Crippen molar-refractivity contribution in [3.05, 3.63) is 23.5 Å². The molecule has 1 aromatic rings. The van der Waals surface area contributed by atoms with Crippen molar-refractivity contribution in [2.24, 2.45) is 11.8 Å². The molecule has 8 nitrogen and oxygen atoms in total. The quantitative estimate of drug-likeness (QED) is 0.809. The molecular weight excluding hydrogens is 312 g/mol. The summed E-state index contributed by atoms with van der Waals surface area (Å²) in [7, 11) is 0. The molecule has 2 unspecified atom stereocenters. The molecule has 24 heavy (non-hydrogen) atoms. The molecule has 0 radical (unpaired) electrons. The zero-order chi connectivity index (χ0) is 17.1. The van der Waals surface area contributed by atoms with Crippen molar-refractivity contribution in [1.29, 1.82) is 0 Å². The van der Waals surface area contributed by atoms with Gasteiger partial charge in [0.15, 0.2) is 0 Å². The summed E-state index contributed by atoms with van der Waals surface area (Å²) in [6.07, 6.45) is 4.72. The molecule has 0 saturated carbocycles. The third kappa shape index (κ3) is 3.48. The Bertz CT molecular complexity index is 634. The van der Waals surface area contributed by atoms with Crippen LogP contribution < -0.4 is 0 Å². The Kier molecular flexibility index (Phi) is 4.94. The van der Waals surface area contributed by atoms with Gasteiger partial charge in [-0.2, -0.15) is 0 Å². The van der Waals surface area contributed by atoms with Crippen molar-refractivity contribution in [3.63, 3.8) is 0 Å². The van der Waals surface area contributed by atoms with Gasteiger partial charge < -0.3 is 10.0 Å². The van der Waals surface area contributed by atoms with E-state index in [1.54, 1.807) is 4.90 Å². The van der Waals surface area contributed by atoms with Crippen LogP contribution in [0.5, 0.6) is 0 Å². The molecule has 1 saturated heterocycles. The van der Waals surface area contributed by atoms with Crippen molar-refractivity contribution in [3.8, 4) is 0 Å². The fourth-order valence-corrected chi connectivity index (χ4v) is 3.33. The molecule has 2 aliphatic rings. The van der Waals surface area contributed by atoms with Crippen molar-refractivity contribution in [1.82, 2.24) is 20.1 Å². The predicted molar refractivity (Wildman–Crippen MR) is 83.9 cm³/mol. The molecule has 1 amide bonds. The van der Waals surface area contributed by atoms with Crippen molar-refractivity contribution in [2.75, 3.05) is 26.2 Å². The number of nitrogens with zero attached hydrogens (tertiary/aromatic N) is 4. The van der Waals surface area contributed by atoms with Gasteiger partial charge in [-0.05, 0) is 19.8 Å². The van der Waals surface area contributed by atoms with Crippen molar-refractivity contribution in [2.45, 2.75) is 26.3 Å². The maximum absolute atomic E-state index is 12.7. The van der Waals surface area contributed by atoms with Crippen LogP contribution in [-0.2, 0) is 16.1 Å². The first-order chi connectivity index (χ1) is 11.6. The Balaban J connectivity index is 1.56. The number of aromatic nitrogens is 2. The number of allylic oxidation sites excluding steroid dienone is 2. The Labute approximate surface area is 140 Å². The Hall–Kier alpha value is -2.22. The summed E-state index contributed by atoms with van der Waals surface area (Å²) < 4.78 is 4.71. The van der Waals surface area contributed by atoms with E-state index in [2.05, 4.69) is 15.2 Å². The van der Waals surface area contributed by atoms with Crippen LogP contribution in [0.4, 0.5) is 0 Å². The molecule has 1 fully saturated rings. The van der Waals surface area contributed by atoms with Gasteiger partial charge in [0.05, 0.1) is 11.8 Å². The highest BCUT2D eigenvalue weighted by Crippen LogP contribution is 2.28. The topological polar surface area (TPSA) is 99.8 Å². The minimum atomic E-state index is -0.884. The smallest absolute Gasteiger partial charge is 0.307 e.